The fourth-order valence-electron chi connectivity index (χ4n) is 1.39. The molecule has 0 fully saturated rings. The Morgan fingerprint density at radius 3 is 2.43 bits per heavy atom. The molecule has 1 aromatic carbocycles. The summed E-state index contributed by atoms with van der Waals surface area (Å²) >= 11 is 0. The van der Waals surface area contributed by atoms with Gasteiger partial charge in [0.25, 0.3) is 0 Å². The molecule has 128 valence electrons. The van der Waals surface area contributed by atoms with Crippen molar-refractivity contribution in [3.05, 3.63) is 54.6 Å². The van der Waals surface area contributed by atoms with Gasteiger partial charge in [0.1, 0.15) is 5.75 Å². The minimum atomic E-state index is -0.661. The van der Waals surface area contributed by atoms with E-state index in [2.05, 4.69) is 16.2 Å². The van der Waals surface area contributed by atoms with Crippen LogP contribution in [0.1, 0.15) is 27.2 Å². The first-order chi connectivity index (χ1) is 11.0. The molecule has 0 aliphatic carbocycles. The Morgan fingerprint density at radius 1 is 1.30 bits per heavy atom. The molecule has 5 heteroatoms. The number of allylic oxidation sites excluding steroid dienone is 1. The summed E-state index contributed by atoms with van der Waals surface area (Å²) < 4.78 is 9.96. The van der Waals surface area contributed by atoms with E-state index in [-0.39, 0.29) is 0 Å². The maximum Gasteiger partial charge on any atom is 0.368 e. The van der Waals surface area contributed by atoms with Gasteiger partial charge in [0.05, 0.1) is 6.61 Å². The van der Waals surface area contributed by atoms with Crippen LogP contribution in [-0.4, -0.2) is 26.0 Å². The average Bonchev–Trinajstić information content (AvgIpc) is 2.55. The van der Waals surface area contributed by atoms with Crippen LogP contribution in [0.2, 0.25) is 0 Å². The molecule has 5 nitrogen and oxygen atoms in total. The van der Waals surface area contributed by atoms with Crippen LogP contribution in [0.25, 0.3) is 0 Å². The quantitative estimate of drug-likeness (QED) is 0.237. The summed E-state index contributed by atoms with van der Waals surface area (Å²) in [5, 5.41) is 0. The molecule has 0 saturated carbocycles. The highest BCUT2D eigenvalue weighted by molar-refractivity contribution is 5.87. The van der Waals surface area contributed by atoms with E-state index in [4.69, 9.17) is 9.62 Å². The van der Waals surface area contributed by atoms with Gasteiger partial charge in [-0.15, -0.1) is 11.5 Å². The van der Waals surface area contributed by atoms with E-state index in [0.29, 0.717) is 17.9 Å². The van der Waals surface area contributed by atoms with Gasteiger partial charge in [-0.1, -0.05) is 37.3 Å². The van der Waals surface area contributed by atoms with Gasteiger partial charge in [0, 0.05) is 19.6 Å². The maximum atomic E-state index is 11.4. The van der Waals surface area contributed by atoms with Gasteiger partial charge in [0.15, 0.2) is 0 Å². The minimum absolute atomic E-state index is 0.500. The molecule has 0 amide bonds. The molecule has 0 aliphatic heterocycles. The number of methoxy groups -OCH3 is 1. The largest absolute Gasteiger partial charge is 0.461 e. The Labute approximate surface area is 138 Å². The first-order valence-corrected chi connectivity index (χ1v) is 7.41. The monoisotopic (exact) mass is 322 g/mol. The van der Waals surface area contributed by atoms with Crippen molar-refractivity contribution in [1.82, 2.24) is 0 Å². The maximum absolute atomic E-state index is 11.4. The minimum Gasteiger partial charge on any atom is -0.461 e. The fourth-order valence-corrected chi connectivity index (χ4v) is 1.39. The summed E-state index contributed by atoms with van der Waals surface area (Å²) in [4.78, 5) is 20.9. The Balaban J connectivity index is 0.000000841. The van der Waals surface area contributed by atoms with Crippen LogP contribution < -0.4 is 4.74 Å². The van der Waals surface area contributed by atoms with Crippen molar-refractivity contribution in [2.24, 2.45) is 0 Å². The number of ether oxygens (including phenoxy) is 2. The topological polar surface area (TPSA) is 54.0 Å². The van der Waals surface area contributed by atoms with E-state index >= 15 is 0 Å². The summed E-state index contributed by atoms with van der Waals surface area (Å²) in [7, 11) is 1.64. The molecule has 1 atom stereocenters. The number of hydrogen-bond acceptors (Lipinski definition) is 5. The lowest BCUT2D eigenvalue weighted by Crippen LogP contribution is -2.19. The zero-order chi connectivity index (χ0) is 17.5. The molecule has 0 spiro atoms. The van der Waals surface area contributed by atoms with E-state index in [1.165, 1.54) is 0 Å². The number of carbonyl (C=O) groups is 1. The Kier molecular flexibility index (Phi) is 12.3. The van der Waals surface area contributed by atoms with Gasteiger partial charge < -0.3 is 9.47 Å². The van der Waals surface area contributed by atoms with E-state index in [0.717, 1.165) is 6.42 Å². The zero-order valence-electron chi connectivity index (χ0n) is 14.3. The second-order valence-electron chi connectivity index (χ2n) is 4.50. The second-order valence-corrected chi connectivity index (χ2v) is 4.50. The average molecular weight is 322 g/mol. The van der Waals surface area contributed by atoms with E-state index in [1.807, 2.05) is 25.1 Å². The molecular weight excluding hydrogens is 296 g/mol. The van der Waals surface area contributed by atoms with Crippen LogP contribution in [0.4, 0.5) is 0 Å². The lowest BCUT2D eigenvalue weighted by Gasteiger charge is -2.13. The number of rotatable bonds is 8. The number of para-hydroxylation sites is 1. The van der Waals surface area contributed by atoms with Gasteiger partial charge in [-0.3, -0.25) is 4.89 Å². The smallest absolute Gasteiger partial charge is 0.368 e. The molecule has 0 aromatic heterocycles. The molecule has 0 N–H and O–H groups in total. The normalized spacial score (nSPS) is 11.7. The Bertz CT molecular complexity index is 468. The van der Waals surface area contributed by atoms with E-state index in [9.17, 15) is 4.79 Å². The molecule has 0 radical (unpaired) electrons. The lowest BCUT2D eigenvalue weighted by molar-refractivity contribution is -0.327. The van der Waals surface area contributed by atoms with Crippen molar-refractivity contribution in [3.63, 3.8) is 0 Å². The molecule has 1 unspecified atom stereocenters. The Morgan fingerprint density at radius 2 is 1.96 bits per heavy atom. The summed E-state index contributed by atoms with van der Waals surface area (Å²) in [6, 6.07) is 9.18. The lowest BCUT2D eigenvalue weighted by atomic mass is 10.2. The third-order valence-corrected chi connectivity index (χ3v) is 2.42. The van der Waals surface area contributed by atoms with Crippen LogP contribution in [0.3, 0.4) is 0 Å². The first-order valence-electron chi connectivity index (χ1n) is 7.41. The van der Waals surface area contributed by atoms with Gasteiger partial charge in [-0.2, -0.15) is 0 Å². The zero-order valence-corrected chi connectivity index (χ0v) is 14.3. The van der Waals surface area contributed by atoms with Crippen LogP contribution >= 0.6 is 0 Å². The van der Waals surface area contributed by atoms with E-state index < -0.39 is 12.3 Å². The van der Waals surface area contributed by atoms with Crippen molar-refractivity contribution < 1.29 is 24.0 Å². The standard InChI is InChI=1S/C14H18O4.C4H8O/c1-4-8-11(2)14(15)18-17-12(3)16-13-9-6-5-7-10-13;1-3-4-5-2/h5-10,12H,4H2,1-3H3;3H,1,4H2,2H3. The van der Waals surface area contributed by atoms with E-state index in [1.54, 1.807) is 45.2 Å². The summed E-state index contributed by atoms with van der Waals surface area (Å²) in [5.74, 6) is 0.155. The molecule has 1 rings (SSSR count). The van der Waals surface area contributed by atoms with Gasteiger partial charge in [-0.05, 0) is 25.5 Å². The third kappa shape index (κ3) is 11.2. The van der Waals surface area contributed by atoms with Crippen molar-refractivity contribution >= 4 is 5.97 Å². The molecule has 1 aromatic rings. The summed E-state index contributed by atoms with van der Waals surface area (Å²) in [6.07, 6.45) is 3.59. The van der Waals surface area contributed by atoms with Crippen LogP contribution in [0.15, 0.2) is 54.6 Å². The van der Waals surface area contributed by atoms with Crippen LogP contribution in [0.5, 0.6) is 5.75 Å². The van der Waals surface area contributed by atoms with Crippen LogP contribution in [0, 0.1) is 0 Å². The molecule has 0 bridgehead atoms. The highest BCUT2D eigenvalue weighted by Gasteiger charge is 2.11. The highest BCUT2D eigenvalue weighted by atomic mass is 17.2. The van der Waals surface area contributed by atoms with Crippen molar-refractivity contribution in [1.29, 1.82) is 0 Å². The predicted octanol–water partition coefficient (Wildman–Crippen LogP) is 4.06. The summed E-state index contributed by atoms with van der Waals surface area (Å²) in [6.45, 7) is 9.35. The first kappa shape index (κ1) is 20.9. The second kappa shape index (κ2) is 13.5. The number of carbonyl (C=O) groups excluding carboxylic acids is 1. The van der Waals surface area contributed by atoms with Crippen molar-refractivity contribution in [3.8, 4) is 5.75 Å². The van der Waals surface area contributed by atoms with Crippen LogP contribution in [-0.2, 0) is 19.3 Å². The molecule has 0 aliphatic rings. The SMILES string of the molecule is C=CCOC.CCC=C(C)C(=O)OOC(C)Oc1ccccc1. The Hall–Kier alpha value is -2.11. The molecule has 0 heterocycles. The van der Waals surface area contributed by atoms with Crippen molar-refractivity contribution in [2.45, 2.75) is 33.5 Å². The third-order valence-electron chi connectivity index (χ3n) is 2.42. The molecule has 23 heavy (non-hydrogen) atoms. The van der Waals surface area contributed by atoms with Crippen molar-refractivity contribution in [2.75, 3.05) is 13.7 Å². The molecule has 0 saturated heterocycles. The highest BCUT2D eigenvalue weighted by Crippen LogP contribution is 2.11. The predicted molar refractivity (Wildman–Crippen MR) is 89.8 cm³/mol. The molecular formula is C18H26O5. The fraction of sp³-hybridized carbons (Fsp3) is 0.389. The number of benzene rings is 1. The van der Waals surface area contributed by atoms with Gasteiger partial charge in [0.2, 0.25) is 6.29 Å². The van der Waals surface area contributed by atoms with Gasteiger partial charge in [-0.25, -0.2) is 4.79 Å². The van der Waals surface area contributed by atoms with Gasteiger partial charge >= 0.3 is 5.97 Å². The number of hydrogen-bond donors (Lipinski definition) is 0. The summed E-state index contributed by atoms with van der Waals surface area (Å²) in [5.41, 5.74) is 0.518.